The second-order valence-corrected chi connectivity index (χ2v) is 18.1. The van der Waals surface area contributed by atoms with Crippen LogP contribution in [0.1, 0.15) is 118 Å². The lowest BCUT2D eigenvalue weighted by Gasteiger charge is -2.67. The van der Waals surface area contributed by atoms with Gasteiger partial charge in [-0.25, -0.2) is 0 Å². The first kappa shape index (κ1) is 31.7. The van der Waals surface area contributed by atoms with E-state index in [4.69, 9.17) is 0 Å². The van der Waals surface area contributed by atoms with Gasteiger partial charge in [0.25, 0.3) is 0 Å². The van der Waals surface area contributed by atoms with Crippen molar-refractivity contribution in [3.05, 3.63) is 11.6 Å². The van der Waals surface area contributed by atoms with Crippen molar-refractivity contribution in [3.63, 3.8) is 0 Å². The van der Waals surface area contributed by atoms with Gasteiger partial charge < -0.3 is 10.2 Å². The summed E-state index contributed by atoms with van der Waals surface area (Å²) in [6.07, 6.45) is 21.0. The van der Waals surface area contributed by atoms with Gasteiger partial charge in [-0.2, -0.15) is 0 Å². The van der Waals surface area contributed by atoms with Gasteiger partial charge in [0.15, 0.2) is 0 Å². The Morgan fingerprint density at radius 2 is 1.79 bits per heavy atom. The zero-order valence-corrected chi connectivity index (χ0v) is 28.4. The first-order chi connectivity index (χ1) is 20.3. The van der Waals surface area contributed by atoms with Gasteiger partial charge in [-0.15, -0.1) is 0 Å². The summed E-state index contributed by atoms with van der Waals surface area (Å²) < 4.78 is 25.0. The van der Waals surface area contributed by atoms with Crippen molar-refractivity contribution < 1.29 is 8.60 Å². The lowest BCUT2D eigenvalue weighted by Crippen LogP contribution is -2.63. The number of rotatable bonds is 10. The third kappa shape index (κ3) is 5.54. The van der Waals surface area contributed by atoms with Gasteiger partial charge >= 0.3 is 0 Å². The number of fused-ring (bicyclic) bond motifs is 7. The molecule has 10 atom stereocenters. The van der Waals surface area contributed by atoms with Crippen LogP contribution in [0.15, 0.2) is 11.6 Å². The van der Waals surface area contributed by atoms with Gasteiger partial charge in [0.2, 0.25) is 0 Å². The summed E-state index contributed by atoms with van der Waals surface area (Å²) in [5.41, 5.74) is 3.02. The van der Waals surface area contributed by atoms with Gasteiger partial charge in [0, 0.05) is 54.0 Å². The molecule has 6 aliphatic rings. The van der Waals surface area contributed by atoms with Crippen LogP contribution < -0.4 is 5.32 Å². The molecule has 0 aromatic rings. The fourth-order valence-corrected chi connectivity index (χ4v) is 14.0. The Kier molecular flexibility index (Phi) is 9.71. The fourth-order valence-electron chi connectivity index (χ4n) is 12.8. The fraction of sp³-hybridized carbons (Fsp3) is 0.946. The van der Waals surface area contributed by atoms with Gasteiger partial charge in [-0.3, -0.25) is 8.60 Å². The molecule has 1 saturated heterocycles. The minimum atomic E-state index is -0.581. The van der Waals surface area contributed by atoms with Gasteiger partial charge in [0.1, 0.15) is 0 Å². The zero-order chi connectivity index (χ0) is 29.5. The topological polar surface area (TPSA) is 32.3 Å². The molecule has 1 heterocycles. The summed E-state index contributed by atoms with van der Waals surface area (Å²) in [4.78, 5) is 2.54. The van der Waals surface area contributed by atoms with Crippen molar-refractivity contribution in [1.82, 2.24) is 10.2 Å². The smallest absolute Gasteiger partial charge is 0.0894 e. The summed E-state index contributed by atoms with van der Waals surface area (Å²) in [7, 11) is -0.581. The maximum absolute atomic E-state index is 13.2. The second kappa shape index (κ2) is 12.9. The Morgan fingerprint density at radius 1 is 1.00 bits per heavy atom. The number of nitrogens with zero attached hydrogens (tertiary/aromatic N) is 1. The largest absolute Gasteiger partial charge is 0.310 e. The average molecular weight is 603 g/mol. The van der Waals surface area contributed by atoms with Crippen molar-refractivity contribution in [2.45, 2.75) is 123 Å². The van der Waals surface area contributed by atoms with E-state index < -0.39 is 10.8 Å². The van der Waals surface area contributed by atoms with E-state index in [-0.39, 0.29) is 6.67 Å². The van der Waals surface area contributed by atoms with Crippen molar-refractivity contribution in [2.24, 2.45) is 52.3 Å². The van der Waals surface area contributed by atoms with Crippen molar-refractivity contribution >= 4 is 10.8 Å². The maximum atomic E-state index is 13.2. The van der Waals surface area contributed by atoms with E-state index >= 15 is 0 Å². The second-order valence-electron chi connectivity index (χ2n) is 16.4. The van der Waals surface area contributed by atoms with Crippen LogP contribution in [0.25, 0.3) is 0 Å². The van der Waals surface area contributed by atoms with E-state index in [2.05, 4.69) is 44.0 Å². The van der Waals surface area contributed by atoms with Crippen LogP contribution in [-0.4, -0.2) is 59.0 Å². The number of nitrogens with one attached hydrogen (secondary N) is 1. The van der Waals surface area contributed by atoms with Crippen LogP contribution in [0.3, 0.4) is 0 Å². The molecule has 5 heteroatoms. The van der Waals surface area contributed by atoms with E-state index in [0.717, 1.165) is 80.1 Å². The first-order valence-corrected chi connectivity index (χ1v) is 19.8. The Bertz CT molecular complexity index is 992. The molecule has 0 radical (unpaired) electrons. The minimum Gasteiger partial charge on any atom is -0.310 e. The Morgan fingerprint density at radius 3 is 2.55 bits per heavy atom. The molecule has 3 nitrogen and oxygen atoms in total. The van der Waals surface area contributed by atoms with Crippen molar-refractivity contribution in [2.75, 3.05) is 44.4 Å². The molecule has 5 fully saturated rings. The normalized spacial score (nSPS) is 44.9. The van der Waals surface area contributed by atoms with E-state index in [1.807, 2.05) is 0 Å². The summed E-state index contributed by atoms with van der Waals surface area (Å²) in [5, 5.41) is 4.22. The lowest BCUT2D eigenvalue weighted by molar-refractivity contribution is -0.166. The molecule has 4 saturated carbocycles. The Balaban J connectivity index is 1.15. The molecule has 42 heavy (non-hydrogen) atoms. The molecular weight excluding hydrogens is 539 g/mol. The maximum Gasteiger partial charge on any atom is 0.0894 e. The molecular formula is C37H63FN2OS. The third-order valence-electron chi connectivity index (χ3n) is 14.7. The first-order valence-electron chi connectivity index (χ1n) is 18.3. The standard InChI is InChI=1S/C37H63FN2OS/c1-5-8-28(9-7-20-38)29-13-17-35(3)31(27(29)2)14-18-36(4)32-15-19-37(39-21-22-40-23-25-42(41)26-24-40)16-6-10-33(37)30(32)11-12-34(35)36/h13,27-28,30-34,39H,5-12,14-26H2,1-4H3/t27?,28?,30?,31?,32?,33?,34?,35?,36?,37-/m0/s1. The Hall–Kier alpha value is -0.260. The molecule has 0 bridgehead atoms. The number of allylic oxidation sites excluding steroid dienone is 2. The number of halogens is 1. The highest BCUT2D eigenvalue weighted by Gasteiger charge is 2.64. The SMILES string of the molecule is CCCC(CCCF)C1=CCC2(C)C(CCC3(C)C4CC[C@@]5(NCCN6CCS(=O)CC6)CCCC5C4CCC23)C1C. The van der Waals surface area contributed by atoms with Crippen molar-refractivity contribution in [1.29, 1.82) is 0 Å². The molecule has 0 amide bonds. The van der Waals surface area contributed by atoms with Gasteiger partial charge in [-0.1, -0.05) is 52.2 Å². The number of alkyl halides is 1. The summed E-state index contributed by atoms with van der Waals surface area (Å²) >= 11 is 0. The molecule has 9 unspecified atom stereocenters. The highest BCUT2D eigenvalue weighted by atomic mass is 32.2. The van der Waals surface area contributed by atoms with Crippen LogP contribution in [0.5, 0.6) is 0 Å². The quantitative estimate of drug-likeness (QED) is 0.256. The minimum absolute atomic E-state index is 0.161. The van der Waals surface area contributed by atoms with Crippen LogP contribution in [0.2, 0.25) is 0 Å². The Labute approximate surface area is 260 Å². The highest BCUT2D eigenvalue weighted by molar-refractivity contribution is 7.85. The molecule has 5 aliphatic carbocycles. The molecule has 1 aliphatic heterocycles. The molecule has 0 spiro atoms. The molecule has 240 valence electrons. The van der Waals surface area contributed by atoms with E-state index in [1.165, 1.54) is 77.0 Å². The van der Waals surface area contributed by atoms with Gasteiger partial charge in [0.05, 0.1) is 6.67 Å². The van der Waals surface area contributed by atoms with Crippen molar-refractivity contribution in [3.8, 4) is 0 Å². The summed E-state index contributed by atoms with van der Waals surface area (Å²) in [5.74, 6) is 7.35. The molecule has 1 N–H and O–H groups in total. The molecule has 6 rings (SSSR count). The lowest BCUT2D eigenvalue weighted by atomic mass is 9.38. The highest BCUT2D eigenvalue weighted by Crippen LogP contribution is 2.70. The third-order valence-corrected chi connectivity index (χ3v) is 16.0. The summed E-state index contributed by atoms with van der Waals surface area (Å²) in [6.45, 7) is 14.4. The molecule has 0 aromatic heterocycles. The van der Waals surface area contributed by atoms with Crippen LogP contribution in [0.4, 0.5) is 4.39 Å². The summed E-state index contributed by atoms with van der Waals surface area (Å²) in [6, 6.07) is 0. The number of hydrogen-bond donors (Lipinski definition) is 1. The predicted molar refractivity (Wildman–Crippen MR) is 176 cm³/mol. The van der Waals surface area contributed by atoms with E-state index in [9.17, 15) is 8.60 Å². The number of hydrogen-bond acceptors (Lipinski definition) is 3. The van der Waals surface area contributed by atoms with E-state index in [0.29, 0.717) is 28.2 Å². The monoisotopic (exact) mass is 602 g/mol. The van der Waals surface area contributed by atoms with Crippen LogP contribution in [-0.2, 0) is 10.8 Å². The van der Waals surface area contributed by atoms with E-state index in [1.54, 1.807) is 5.57 Å². The van der Waals surface area contributed by atoms with Gasteiger partial charge in [-0.05, 0) is 129 Å². The van der Waals surface area contributed by atoms with Crippen LogP contribution >= 0.6 is 0 Å². The van der Waals surface area contributed by atoms with Crippen LogP contribution in [0, 0.1) is 52.3 Å². The average Bonchev–Trinajstić information content (AvgIpc) is 3.41. The molecule has 0 aromatic carbocycles. The predicted octanol–water partition coefficient (Wildman–Crippen LogP) is 8.17. The zero-order valence-electron chi connectivity index (χ0n) is 27.6.